The van der Waals surface area contributed by atoms with Gasteiger partial charge in [0.15, 0.2) is 0 Å². The average molecular weight is 474 g/mol. The van der Waals surface area contributed by atoms with Gasteiger partial charge < -0.3 is 4.57 Å². The van der Waals surface area contributed by atoms with E-state index in [0.29, 0.717) is 0 Å². The molecule has 0 radical (unpaired) electrons. The minimum absolute atomic E-state index is 0.135. The molecule has 0 fully saturated rings. The molecular formula is C26H24BrN3O. The molecule has 4 rings (SSSR count). The van der Waals surface area contributed by atoms with Crippen LogP contribution in [-0.2, 0) is 11.2 Å². The first-order valence-corrected chi connectivity index (χ1v) is 11.0. The Morgan fingerprint density at radius 1 is 1.03 bits per heavy atom. The maximum absolute atomic E-state index is 12.5. The Morgan fingerprint density at radius 2 is 1.81 bits per heavy atom. The summed E-state index contributed by atoms with van der Waals surface area (Å²) in [6, 6.07) is 22.5. The standard InChI is InChI=1S/C26H24BrN3O/c1-17-11-12-23(15-25(17)27)30-18(2)13-22(19(30)3)16-28-29-26(31)14-21-9-6-8-20-7-4-5-10-24(20)21/h4-13,15-16H,14H2,1-3H3,(H,29,31)/b28-16-. The normalized spacial score (nSPS) is 11.4. The van der Waals surface area contributed by atoms with Crippen LogP contribution in [-0.4, -0.2) is 16.7 Å². The molecule has 0 spiro atoms. The lowest BCUT2D eigenvalue weighted by Crippen LogP contribution is -2.19. The molecule has 156 valence electrons. The smallest absolute Gasteiger partial charge is 0.244 e. The molecule has 0 aliphatic rings. The van der Waals surface area contributed by atoms with Gasteiger partial charge in [0.25, 0.3) is 0 Å². The van der Waals surface area contributed by atoms with E-state index in [4.69, 9.17) is 0 Å². The largest absolute Gasteiger partial charge is 0.318 e. The van der Waals surface area contributed by atoms with Crippen LogP contribution in [0.25, 0.3) is 16.5 Å². The van der Waals surface area contributed by atoms with Crippen molar-refractivity contribution in [3.63, 3.8) is 0 Å². The van der Waals surface area contributed by atoms with Crippen molar-refractivity contribution in [2.75, 3.05) is 0 Å². The van der Waals surface area contributed by atoms with Crippen LogP contribution in [0.4, 0.5) is 0 Å². The van der Waals surface area contributed by atoms with Gasteiger partial charge in [-0.15, -0.1) is 0 Å². The number of carbonyl (C=O) groups is 1. The number of fused-ring (bicyclic) bond motifs is 1. The Balaban J connectivity index is 1.49. The summed E-state index contributed by atoms with van der Waals surface area (Å²) in [6.45, 7) is 6.19. The molecule has 4 aromatic rings. The fourth-order valence-electron chi connectivity index (χ4n) is 3.87. The number of carbonyl (C=O) groups excluding carboxylic acids is 1. The third-order valence-corrected chi connectivity index (χ3v) is 6.36. The Bertz CT molecular complexity index is 1300. The van der Waals surface area contributed by atoms with E-state index in [1.54, 1.807) is 6.21 Å². The van der Waals surface area contributed by atoms with E-state index in [1.807, 2.05) is 30.3 Å². The van der Waals surface area contributed by atoms with Crippen LogP contribution < -0.4 is 5.43 Å². The monoisotopic (exact) mass is 473 g/mol. The molecule has 0 saturated heterocycles. The van der Waals surface area contributed by atoms with Crippen molar-refractivity contribution in [1.82, 2.24) is 9.99 Å². The number of aromatic nitrogens is 1. The number of benzene rings is 3. The average Bonchev–Trinajstić information content (AvgIpc) is 3.03. The summed E-state index contributed by atoms with van der Waals surface area (Å²) >= 11 is 3.61. The Labute approximate surface area is 190 Å². The number of nitrogens with zero attached hydrogens (tertiary/aromatic N) is 2. The van der Waals surface area contributed by atoms with Gasteiger partial charge in [-0.25, -0.2) is 5.43 Å². The van der Waals surface area contributed by atoms with E-state index in [-0.39, 0.29) is 12.3 Å². The first-order chi connectivity index (χ1) is 14.9. The molecule has 0 aliphatic heterocycles. The highest BCUT2D eigenvalue weighted by Gasteiger charge is 2.11. The van der Waals surface area contributed by atoms with Crippen molar-refractivity contribution in [2.45, 2.75) is 27.2 Å². The third-order valence-electron chi connectivity index (χ3n) is 5.51. The minimum atomic E-state index is -0.135. The molecule has 31 heavy (non-hydrogen) atoms. The van der Waals surface area contributed by atoms with Gasteiger partial charge in [-0.2, -0.15) is 5.10 Å². The molecule has 0 aliphatic carbocycles. The molecule has 1 N–H and O–H groups in total. The zero-order chi connectivity index (χ0) is 22.0. The van der Waals surface area contributed by atoms with Crippen molar-refractivity contribution in [3.05, 3.63) is 99.3 Å². The molecule has 1 heterocycles. The molecule has 4 nitrogen and oxygen atoms in total. The molecule has 3 aromatic carbocycles. The lowest BCUT2D eigenvalue weighted by molar-refractivity contribution is -0.120. The number of amides is 1. The minimum Gasteiger partial charge on any atom is -0.318 e. The molecular weight excluding hydrogens is 450 g/mol. The van der Waals surface area contributed by atoms with E-state index < -0.39 is 0 Å². The van der Waals surface area contributed by atoms with Crippen LogP contribution in [0.15, 0.2) is 76.3 Å². The summed E-state index contributed by atoms with van der Waals surface area (Å²) in [7, 11) is 0. The van der Waals surface area contributed by atoms with Gasteiger partial charge in [0.05, 0.1) is 12.6 Å². The highest BCUT2D eigenvalue weighted by atomic mass is 79.9. The number of rotatable bonds is 5. The summed E-state index contributed by atoms with van der Waals surface area (Å²) in [5, 5.41) is 6.44. The van der Waals surface area contributed by atoms with Crippen molar-refractivity contribution in [2.24, 2.45) is 5.10 Å². The maximum atomic E-state index is 12.5. The zero-order valence-corrected chi connectivity index (χ0v) is 19.4. The lowest BCUT2D eigenvalue weighted by Gasteiger charge is -2.11. The second kappa shape index (κ2) is 8.90. The number of nitrogens with one attached hydrogen (secondary N) is 1. The summed E-state index contributed by atoms with van der Waals surface area (Å²) in [5.74, 6) is -0.135. The molecule has 1 aromatic heterocycles. The topological polar surface area (TPSA) is 46.4 Å². The van der Waals surface area contributed by atoms with Gasteiger partial charge in [0.1, 0.15) is 0 Å². The molecule has 1 amide bonds. The SMILES string of the molecule is Cc1ccc(-n2c(C)cc(/C=N\NC(=O)Cc3cccc4ccccc34)c2C)cc1Br. The van der Waals surface area contributed by atoms with Gasteiger partial charge in [-0.1, -0.05) is 64.5 Å². The molecule has 0 atom stereocenters. The van der Waals surface area contributed by atoms with Gasteiger partial charge in [0, 0.05) is 27.1 Å². The summed E-state index contributed by atoms with van der Waals surface area (Å²) in [6.07, 6.45) is 2.00. The van der Waals surface area contributed by atoms with Crippen LogP contribution in [0, 0.1) is 20.8 Å². The van der Waals surface area contributed by atoms with Crippen molar-refractivity contribution < 1.29 is 4.79 Å². The molecule has 0 bridgehead atoms. The maximum Gasteiger partial charge on any atom is 0.244 e. The summed E-state index contributed by atoms with van der Waals surface area (Å²) in [5.41, 5.74) is 9.10. The second-order valence-electron chi connectivity index (χ2n) is 7.70. The quantitative estimate of drug-likeness (QED) is 0.280. The van der Waals surface area contributed by atoms with Crippen LogP contribution >= 0.6 is 15.9 Å². The van der Waals surface area contributed by atoms with Gasteiger partial charge in [-0.3, -0.25) is 4.79 Å². The predicted molar refractivity (Wildman–Crippen MR) is 131 cm³/mol. The van der Waals surface area contributed by atoms with Gasteiger partial charge >= 0.3 is 0 Å². The fourth-order valence-corrected chi connectivity index (χ4v) is 4.24. The van der Waals surface area contributed by atoms with Crippen LogP contribution in [0.2, 0.25) is 0 Å². The van der Waals surface area contributed by atoms with E-state index in [1.165, 1.54) is 5.56 Å². The third kappa shape index (κ3) is 4.47. The van der Waals surface area contributed by atoms with Crippen molar-refractivity contribution in [1.29, 1.82) is 0 Å². The Kier molecular flexibility index (Phi) is 6.05. The highest BCUT2D eigenvalue weighted by Crippen LogP contribution is 2.24. The van der Waals surface area contributed by atoms with Crippen LogP contribution in [0.3, 0.4) is 0 Å². The van der Waals surface area contributed by atoms with Crippen LogP contribution in [0.1, 0.15) is 28.1 Å². The lowest BCUT2D eigenvalue weighted by atomic mass is 10.0. The first kappa shape index (κ1) is 21.1. The summed E-state index contributed by atoms with van der Waals surface area (Å²) in [4.78, 5) is 12.5. The van der Waals surface area contributed by atoms with E-state index in [2.05, 4.69) is 88.2 Å². The second-order valence-corrected chi connectivity index (χ2v) is 8.56. The summed E-state index contributed by atoms with van der Waals surface area (Å²) < 4.78 is 3.26. The van der Waals surface area contributed by atoms with E-state index in [9.17, 15) is 4.79 Å². The molecule has 5 heteroatoms. The van der Waals surface area contributed by atoms with E-state index in [0.717, 1.165) is 43.4 Å². The number of halogens is 1. The van der Waals surface area contributed by atoms with Crippen molar-refractivity contribution in [3.8, 4) is 5.69 Å². The number of hydrogen-bond donors (Lipinski definition) is 1. The Morgan fingerprint density at radius 3 is 2.61 bits per heavy atom. The number of hydrogen-bond acceptors (Lipinski definition) is 2. The Hall–Kier alpha value is -3.18. The van der Waals surface area contributed by atoms with Gasteiger partial charge in [0.2, 0.25) is 5.91 Å². The molecule has 0 saturated carbocycles. The van der Waals surface area contributed by atoms with Crippen molar-refractivity contribution >= 4 is 38.8 Å². The first-order valence-electron chi connectivity index (χ1n) is 10.2. The van der Waals surface area contributed by atoms with Crippen LogP contribution in [0.5, 0.6) is 0 Å². The van der Waals surface area contributed by atoms with E-state index >= 15 is 0 Å². The highest BCUT2D eigenvalue weighted by molar-refractivity contribution is 9.10. The fraction of sp³-hybridized carbons (Fsp3) is 0.154. The number of hydrazone groups is 1. The number of aryl methyl sites for hydroxylation is 2. The van der Waals surface area contributed by atoms with Gasteiger partial charge in [-0.05, 0) is 60.9 Å². The predicted octanol–water partition coefficient (Wildman–Crippen LogP) is 6.01. The molecule has 0 unspecified atom stereocenters. The zero-order valence-electron chi connectivity index (χ0n) is 17.8.